The van der Waals surface area contributed by atoms with Gasteiger partial charge in [-0.25, -0.2) is 0 Å². The van der Waals surface area contributed by atoms with Crippen LogP contribution < -0.4 is 28.3 Å². The van der Waals surface area contributed by atoms with Crippen LogP contribution in [0.3, 0.4) is 0 Å². The molecule has 2 fully saturated rings. The summed E-state index contributed by atoms with van der Waals surface area (Å²) in [7, 11) is 0. The lowest BCUT2D eigenvalue weighted by Gasteiger charge is -2.41. The van der Waals surface area contributed by atoms with Gasteiger partial charge in [0.2, 0.25) is 0 Å². The van der Waals surface area contributed by atoms with Crippen molar-refractivity contribution in [3.05, 3.63) is 35.9 Å². The van der Waals surface area contributed by atoms with Crippen LogP contribution in [0.5, 0.6) is 0 Å². The highest BCUT2D eigenvalue weighted by Crippen LogP contribution is 2.16. The summed E-state index contributed by atoms with van der Waals surface area (Å²) >= 11 is 0. The molecule has 0 saturated carbocycles. The lowest BCUT2D eigenvalue weighted by Crippen LogP contribution is -2.56. The van der Waals surface area contributed by atoms with Gasteiger partial charge in [0.15, 0.2) is 0 Å². The molecule has 0 bridgehead atoms. The van der Waals surface area contributed by atoms with E-state index in [2.05, 4.69) is 34.5 Å². The van der Waals surface area contributed by atoms with Gasteiger partial charge in [-0.3, -0.25) is 4.90 Å². The van der Waals surface area contributed by atoms with Crippen LogP contribution in [0.25, 0.3) is 0 Å². The van der Waals surface area contributed by atoms with E-state index in [1.165, 1.54) is 5.56 Å². The molecule has 0 aromatic heterocycles. The Hall–Kier alpha value is -1.10. The third kappa shape index (κ3) is 7.10. The summed E-state index contributed by atoms with van der Waals surface area (Å²) in [4.78, 5) is 2.37. The third-order valence-electron chi connectivity index (χ3n) is 4.99. The molecule has 1 aromatic carbocycles. The fourth-order valence-corrected chi connectivity index (χ4v) is 3.34. The molecule has 0 radical (unpaired) electrons. The van der Waals surface area contributed by atoms with E-state index in [4.69, 9.17) is 32.4 Å². The minimum atomic E-state index is 0.275. The van der Waals surface area contributed by atoms with Crippen molar-refractivity contribution in [3.8, 4) is 0 Å². The summed E-state index contributed by atoms with van der Waals surface area (Å²) < 4.78 is 10.8. The van der Waals surface area contributed by atoms with Crippen molar-refractivity contribution in [2.24, 2.45) is 22.9 Å². The van der Waals surface area contributed by atoms with Gasteiger partial charge < -0.3 is 37.7 Å². The zero-order chi connectivity index (χ0) is 19.5. The molecular weight excluding hydrogens is 344 g/mol. The van der Waals surface area contributed by atoms with Crippen LogP contribution in [-0.2, 0) is 16.0 Å². The lowest BCUT2D eigenvalue weighted by atomic mass is 10.1. The average Bonchev–Trinajstić information content (AvgIpc) is 2.75. The summed E-state index contributed by atoms with van der Waals surface area (Å²) in [5, 5.41) is 3.28. The summed E-state index contributed by atoms with van der Waals surface area (Å²) in [6, 6.07) is 11.6. The number of nitrogens with zero attached hydrogens (tertiary/aromatic N) is 1. The zero-order valence-electron chi connectivity index (χ0n) is 16.1. The van der Waals surface area contributed by atoms with E-state index in [9.17, 15) is 0 Å². The highest BCUT2D eigenvalue weighted by molar-refractivity contribution is 5.15. The molecule has 3 rings (SSSR count). The molecule has 0 amide bonds. The number of ether oxygens (including phenoxy) is 2. The Labute approximate surface area is 162 Å². The van der Waals surface area contributed by atoms with Crippen LogP contribution in [0.1, 0.15) is 5.56 Å². The molecule has 1 aromatic rings. The molecule has 0 spiro atoms. The molecule has 4 atom stereocenters. The predicted molar refractivity (Wildman–Crippen MR) is 108 cm³/mol. The Balaban J connectivity index is 0.000000223. The molecule has 2 heterocycles. The van der Waals surface area contributed by atoms with Crippen molar-refractivity contribution in [1.82, 2.24) is 10.2 Å². The van der Waals surface area contributed by atoms with Crippen molar-refractivity contribution in [2.75, 3.05) is 52.6 Å². The number of rotatable bonds is 6. The molecule has 2 saturated heterocycles. The fraction of sp³-hybridized carbons (Fsp3) is 0.684. The van der Waals surface area contributed by atoms with Crippen molar-refractivity contribution >= 4 is 0 Å². The number of benzene rings is 1. The Bertz CT molecular complexity index is 484. The van der Waals surface area contributed by atoms with E-state index in [0.29, 0.717) is 64.7 Å². The lowest BCUT2D eigenvalue weighted by molar-refractivity contribution is -0.0472. The second kappa shape index (κ2) is 12.4. The van der Waals surface area contributed by atoms with E-state index < -0.39 is 0 Å². The monoisotopic (exact) mass is 380 g/mol. The van der Waals surface area contributed by atoms with Gasteiger partial charge in [-0.2, -0.15) is 0 Å². The molecule has 0 aliphatic carbocycles. The average molecular weight is 381 g/mol. The van der Waals surface area contributed by atoms with Crippen LogP contribution >= 0.6 is 0 Å². The number of hydrogen-bond donors (Lipinski definition) is 5. The molecule has 9 N–H and O–H groups in total. The fourth-order valence-electron chi connectivity index (χ4n) is 3.34. The van der Waals surface area contributed by atoms with Gasteiger partial charge in [0, 0.05) is 56.9 Å². The van der Waals surface area contributed by atoms with E-state index in [1.54, 1.807) is 0 Å². The molecule has 8 heteroatoms. The van der Waals surface area contributed by atoms with Crippen LogP contribution in [0.2, 0.25) is 0 Å². The van der Waals surface area contributed by atoms with Crippen LogP contribution in [0.4, 0.5) is 0 Å². The van der Waals surface area contributed by atoms with Gasteiger partial charge in [0.25, 0.3) is 0 Å². The minimum Gasteiger partial charge on any atom is -0.378 e. The van der Waals surface area contributed by atoms with E-state index in [-0.39, 0.29) is 12.1 Å². The van der Waals surface area contributed by atoms with Gasteiger partial charge in [-0.15, -0.1) is 0 Å². The smallest absolute Gasteiger partial charge is 0.0635 e. The number of hydrogen-bond acceptors (Lipinski definition) is 8. The number of morpholine rings is 2. The maximum Gasteiger partial charge on any atom is 0.0635 e. The zero-order valence-corrected chi connectivity index (χ0v) is 16.1. The number of nitrogens with one attached hydrogen (secondary N) is 1. The third-order valence-corrected chi connectivity index (χ3v) is 4.99. The first-order valence-corrected chi connectivity index (χ1v) is 9.73. The van der Waals surface area contributed by atoms with E-state index in [0.717, 1.165) is 6.54 Å². The molecule has 2 aliphatic rings. The van der Waals surface area contributed by atoms with Gasteiger partial charge in [0.1, 0.15) is 0 Å². The Morgan fingerprint density at radius 3 is 1.78 bits per heavy atom. The van der Waals surface area contributed by atoms with Crippen LogP contribution in [0.15, 0.2) is 30.3 Å². The summed E-state index contributed by atoms with van der Waals surface area (Å²) in [5.41, 5.74) is 23.8. The van der Waals surface area contributed by atoms with E-state index in [1.807, 2.05) is 6.07 Å². The van der Waals surface area contributed by atoms with Gasteiger partial charge >= 0.3 is 0 Å². The summed E-state index contributed by atoms with van der Waals surface area (Å²) in [6.45, 7) is 6.22. The largest absolute Gasteiger partial charge is 0.378 e. The minimum absolute atomic E-state index is 0.275. The Kier molecular flexibility index (Phi) is 10.2. The maximum atomic E-state index is 5.80. The first-order chi connectivity index (χ1) is 13.2. The second-order valence-electron chi connectivity index (χ2n) is 7.04. The first-order valence-electron chi connectivity index (χ1n) is 9.73. The van der Waals surface area contributed by atoms with Gasteiger partial charge in [0.05, 0.1) is 26.4 Å². The van der Waals surface area contributed by atoms with Gasteiger partial charge in [-0.05, 0) is 5.56 Å². The van der Waals surface area contributed by atoms with Gasteiger partial charge in [-0.1, -0.05) is 30.3 Å². The van der Waals surface area contributed by atoms with Crippen molar-refractivity contribution in [1.29, 1.82) is 0 Å². The molecular formula is C19H36N6O2. The van der Waals surface area contributed by atoms with Crippen LogP contribution in [-0.4, -0.2) is 81.7 Å². The summed E-state index contributed by atoms with van der Waals surface area (Å²) in [6.07, 6.45) is 0. The van der Waals surface area contributed by atoms with Crippen molar-refractivity contribution in [3.63, 3.8) is 0 Å². The SMILES string of the molecule is NCC1COCC(CN)N1.NCC1COCC(CN)N1Cc1ccccc1. The normalized spacial score (nSPS) is 29.0. The molecule has 4 unspecified atom stereocenters. The molecule has 2 aliphatic heterocycles. The van der Waals surface area contributed by atoms with Crippen molar-refractivity contribution in [2.45, 2.75) is 30.7 Å². The standard InChI is InChI=1S/C13H21N3O.C6H15N3O/c14-6-12-9-17-10-13(7-15)16(12)8-11-4-2-1-3-5-11;7-1-5-3-10-4-6(2-8)9-5/h1-5,12-13H,6-10,14-15H2;5-6,9H,1-4,7-8H2. The highest BCUT2D eigenvalue weighted by Gasteiger charge is 2.29. The van der Waals surface area contributed by atoms with E-state index >= 15 is 0 Å². The second-order valence-corrected chi connectivity index (χ2v) is 7.04. The predicted octanol–water partition coefficient (Wildman–Crippen LogP) is -1.57. The summed E-state index contributed by atoms with van der Waals surface area (Å²) in [5.74, 6) is 0. The Morgan fingerprint density at radius 2 is 1.30 bits per heavy atom. The highest BCUT2D eigenvalue weighted by atomic mass is 16.5. The maximum absolute atomic E-state index is 5.80. The molecule has 27 heavy (non-hydrogen) atoms. The number of nitrogens with two attached hydrogens (primary N) is 4. The van der Waals surface area contributed by atoms with Crippen LogP contribution in [0, 0.1) is 0 Å². The molecule has 8 nitrogen and oxygen atoms in total. The van der Waals surface area contributed by atoms with Crippen molar-refractivity contribution < 1.29 is 9.47 Å². The molecule has 154 valence electrons. The topological polar surface area (TPSA) is 138 Å². The quantitative estimate of drug-likeness (QED) is 0.399. The Morgan fingerprint density at radius 1 is 0.778 bits per heavy atom. The first kappa shape index (κ1) is 22.2.